The molecule has 0 aliphatic heterocycles. The maximum atomic E-state index is 11.1. The van der Waals surface area contributed by atoms with Crippen molar-refractivity contribution >= 4 is 16.8 Å². The van der Waals surface area contributed by atoms with E-state index in [1.807, 2.05) is 30.3 Å². The molecule has 92 valence electrons. The molecule has 2 N–H and O–H groups in total. The fourth-order valence-corrected chi connectivity index (χ4v) is 1.86. The van der Waals surface area contributed by atoms with Crippen molar-refractivity contribution in [3.8, 4) is 11.3 Å². The number of primary amides is 1. The third-order valence-corrected chi connectivity index (χ3v) is 2.79. The molecule has 1 aromatic carbocycles. The van der Waals surface area contributed by atoms with E-state index in [4.69, 9.17) is 5.73 Å². The lowest BCUT2D eigenvalue weighted by Crippen LogP contribution is -2.13. The summed E-state index contributed by atoms with van der Waals surface area (Å²) in [6, 6.07) is 9.60. The number of amides is 1. The molecule has 19 heavy (non-hydrogen) atoms. The lowest BCUT2D eigenvalue weighted by molar-refractivity contribution is 0.0995. The van der Waals surface area contributed by atoms with Crippen molar-refractivity contribution in [2.24, 2.45) is 5.73 Å². The summed E-state index contributed by atoms with van der Waals surface area (Å²) in [7, 11) is 0. The fourth-order valence-electron chi connectivity index (χ4n) is 1.86. The highest BCUT2D eigenvalue weighted by Crippen LogP contribution is 2.21. The average Bonchev–Trinajstić information content (AvgIpc) is 2.47. The van der Waals surface area contributed by atoms with Crippen LogP contribution in [-0.4, -0.2) is 20.9 Å². The topological polar surface area (TPSA) is 81.8 Å². The Kier molecular flexibility index (Phi) is 2.64. The van der Waals surface area contributed by atoms with Gasteiger partial charge in [0.1, 0.15) is 5.69 Å². The van der Waals surface area contributed by atoms with Gasteiger partial charge in [-0.1, -0.05) is 12.1 Å². The molecule has 0 unspecified atom stereocenters. The zero-order valence-electron chi connectivity index (χ0n) is 9.95. The minimum atomic E-state index is -0.586. The summed E-state index contributed by atoms with van der Waals surface area (Å²) in [4.78, 5) is 23.5. The summed E-state index contributed by atoms with van der Waals surface area (Å²) >= 11 is 0. The van der Waals surface area contributed by atoms with Gasteiger partial charge in [-0.3, -0.25) is 14.8 Å². The van der Waals surface area contributed by atoms with Gasteiger partial charge in [-0.2, -0.15) is 0 Å². The third kappa shape index (κ3) is 2.13. The van der Waals surface area contributed by atoms with E-state index in [1.54, 1.807) is 12.4 Å². The monoisotopic (exact) mass is 250 g/mol. The lowest BCUT2D eigenvalue weighted by atomic mass is 10.1. The zero-order chi connectivity index (χ0) is 13.2. The van der Waals surface area contributed by atoms with Crippen LogP contribution >= 0.6 is 0 Å². The quantitative estimate of drug-likeness (QED) is 0.751. The molecule has 0 aliphatic rings. The van der Waals surface area contributed by atoms with Crippen LogP contribution in [0.3, 0.4) is 0 Å². The van der Waals surface area contributed by atoms with Crippen LogP contribution in [-0.2, 0) is 0 Å². The Hall–Kier alpha value is -2.82. The van der Waals surface area contributed by atoms with Gasteiger partial charge in [0.25, 0.3) is 5.91 Å². The number of hydrogen-bond donors (Lipinski definition) is 1. The van der Waals surface area contributed by atoms with Crippen LogP contribution in [0.4, 0.5) is 0 Å². The molecule has 3 aromatic rings. The lowest BCUT2D eigenvalue weighted by Gasteiger charge is -2.03. The number of rotatable bonds is 2. The van der Waals surface area contributed by atoms with Crippen molar-refractivity contribution in [3.63, 3.8) is 0 Å². The largest absolute Gasteiger partial charge is 0.364 e. The maximum Gasteiger partial charge on any atom is 0.268 e. The second-order valence-corrected chi connectivity index (χ2v) is 4.06. The summed E-state index contributed by atoms with van der Waals surface area (Å²) in [6.07, 6.45) is 4.70. The Morgan fingerprint density at radius 2 is 2.05 bits per heavy atom. The Balaban J connectivity index is 2.13. The predicted molar refractivity (Wildman–Crippen MR) is 71.3 cm³/mol. The van der Waals surface area contributed by atoms with E-state index in [-0.39, 0.29) is 5.69 Å². The van der Waals surface area contributed by atoms with Crippen molar-refractivity contribution in [1.82, 2.24) is 15.0 Å². The van der Waals surface area contributed by atoms with Gasteiger partial charge < -0.3 is 5.73 Å². The van der Waals surface area contributed by atoms with Gasteiger partial charge in [0.05, 0.1) is 23.6 Å². The van der Waals surface area contributed by atoms with Gasteiger partial charge in [0.15, 0.2) is 0 Å². The van der Waals surface area contributed by atoms with E-state index >= 15 is 0 Å². The predicted octanol–water partition coefficient (Wildman–Crippen LogP) is 1.79. The summed E-state index contributed by atoms with van der Waals surface area (Å²) in [5.41, 5.74) is 7.75. The maximum absolute atomic E-state index is 11.1. The second-order valence-electron chi connectivity index (χ2n) is 4.06. The van der Waals surface area contributed by atoms with Crippen molar-refractivity contribution in [2.45, 2.75) is 0 Å². The first kappa shape index (κ1) is 11.3. The van der Waals surface area contributed by atoms with Crippen LogP contribution in [0.1, 0.15) is 10.5 Å². The summed E-state index contributed by atoms with van der Waals surface area (Å²) in [5, 5.41) is 1.01. The molecule has 5 nitrogen and oxygen atoms in total. The molecule has 1 amide bonds. The second kappa shape index (κ2) is 4.45. The number of hydrogen-bond acceptors (Lipinski definition) is 4. The summed E-state index contributed by atoms with van der Waals surface area (Å²) < 4.78 is 0. The van der Waals surface area contributed by atoms with Gasteiger partial charge in [0, 0.05) is 17.1 Å². The molecule has 0 radical (unpaired) electrons. The number of carbonyl (C=O) groups is 1. The molecule has 2 heterocycles. The van der Waals surface area contributed by atoms with Crippen LogP contribution in [0.5, 0.6) is 0 Å². The highest BCUT2D eigenvalue weighted by molar-refractivity contribution is 5.91. The molecular formula is C14H10N4O. The zero-order valence-corrected chi connectivity index (χ0v) is 9.95. The standard InChI is InChI=1S/C14H10N4O/c15-14(19)13-8-16-7-12(18-13)10-3-4-11-9(6-10)2-1-5-17-11/h1-8H,(H2,15,19). The number of aromatic nitrogens is 3. The van der Waals surface area contributed by atoms with E-state index in [0.29, 0.717) is 5.69 Å². The van der Waals surface area contributed by atoms with Crippen molar-refractivity contribution in [2.75, 3.05) is 0 Å². The van der Waals surface area contributed by atoms with Gasteiger partial charge in [-0.15, -0.1) is 0 Å². The summed E-state index contributed by atoms with van der Waals surface area (Å²) in [6.45, 7) is 0. The van der Waals surface area contributed by atoms with Crippen LogP contribution in [0.2, 0.25) is 0 Å². The van der Waals surface area contributed by atoms with E-state index < -0.39 is 5.91 Å². The first-order valence-corrected chi connectivity index (χ1v) is 5.71. The Morgan fingerprint density at radius 3 is 2.89 bits per heavy atom. The molecular weight excluding hydrogens is 240 g/mol. The smallest absolute Gasteiger partial charge is 0.268 e. The van der Waals surface area contributed by atoms with Gasteiger partial charge in [-0.05, 0) is 18.2 Å². The van der Waals surface area contributed by atoms with Crippen molar-refractivity contribution in [1.29, 1.82) is 0 Å². The Morgan fingerprint density at radius 1 is 1.16 bits per heavy atom. The number of carbonyl (C=O) groups excluding carboxylic acids is 1. The fraction of sp³-hybridized carbons (Fsp3) is 0. The molecule has 0 saturated carbocycles. The SMILES string of the molecule is NC(=O)c1cncc(-c2ccc3ncccc3c2)n1. The highest BCUT2D eigenvalue weighted by atomic mass is 16.1. The average molecular weight is 250 g/mol. The molecule has 5 heteroatoms. The number of nitrogens with two attached hydrogens (primary N) is 1. The van der Waals surface area contributed by atoms with Crippen LogP contribution < -0.4 is 5.73 Å². The molecule has 0 spiro atoms. The van der Waals surface area contributed by atoms with E-state index in [2.05, 4.69) is 15.0 Å². The normalized spacial score (nSPS) is 10.5. The van der Waals surface area contributed by atoms with Crippen LogP contribution in [0.25, 0.3) is 22.2 Å². The van der Waals surface area contributed by atoms with Crippen molar-refractivity contribution < 1.29 is 4.79 Å². The number of pyridine rings is 1. The number of benzene rings is 1. The van der Waals surface area contributed by atoms with Gasteiger partial charge in [-0.25, -0.2) is 4.98 Å². The minimum absolute atomic E-state index is 0.156. The molecule has 0 fully saturated rings. The molecule has 0 bridgehead atoms. The first-order chi connectivity index (χ1) is 9.24. The molecule has 0 saturated heterocycles. The molecule has 0 aliphatic carbocycles. The molecule has 0 atom stereocenters. The van der Waals surface area contributed by atoms with Gasteiger partial charge >= 0.3 is 0 Å². The van der Waals surface area contributed by atoms with Crippen LogP contribution in [0, 0.1) is 0 Å². The highest BCUT2D eigenvalue weighted by Gasteiger charge is 2.06. The Labute approximate surface area is 109 Å². The summed E-state index contributed by atoms with van der Waals surface area (Å²) in [5.74, 6) is -0.586. The first-order valence-electron chi connectivity index (χ1n) is 5.71. The minimum Gasteiger partial charge on any atom is -0.364 e. The third-order valence-electron chi connectivity index (χ3n) is 2.79. The molecule has 3 rings (SSSR count). The van der Waals surface area contributed by atoms with E-state index in [0.717, 1.165) is 16.5 Å². The Bertz CT molecular complexity index is 770. The number of fused-ring (bicyclic) bond motifs is 1. The van der Waals surface area contributed by atoms with E-state index in [1.165, 1.54) is 6.20 Å². The van der Waals surface area contributed by atoms with E-state index in [9.17, 15) is 4.79 Å². The van der Waals surface area contributed by atoms with Gasteiger partial charge in [0.2, 0.25) is 0 Å². The number of nitrogens with zero attached hydrogens (tertiary/aromatic N) is 3. The van der Waals surface area contributed by atoms with Crippen molar-refractivity contribution in [3.05, 3.63) is 54.6 Å². The van der Waals surface area contributed by atoms with Crippen LogP contribution in [0.15, 0.2) is 48.9 Å². The molecule has 2 aromatic heterocycles.